The number of halogens is 1. The summed E-state index contributed by atoms with van der Waals surface area (Å²) < 4.78 is 5.26. The Morgan fingerprint density at radius 2 is 2.26 bits per heavy atom. The van der Waals surface area contributed by atoms with Crippen LogP contribution < -0.4 is 5.32 Å². The molecule has 5 heteroatoms. The van der Waals surface area contributed by atoms with Gasteiger partial charge in [0.2, 0.25) is 0 Å². The third-order valence-corrected chi connectivity index (χ3v) is 3.73. The van der Waals surface area contributed by atoms with Crippen molar-refractivity contribution in [3.8, 4) is 0 Å². The van der Waals surface area contributed by atoms with Crippen molar-refractivity contribution in [2.75, 3.05) is 6.54 Å². The fraction of sp³-hybridized carbons (Fsp3) is 0.357. The van der Waals surface area contributed by atoms with E-state index in [0.29, 0.717) is 11.1 Å². The van der Waals surface area contributed by atoms with Crippen molar-refractivity contribution in [2.24, 2.45) is 5.92 Å². The van der Waals surface area contributed by atoms with E-state index in [1.54, 1.807) is 12.5 Å². The Hall–Kier alpha value is -0.970. The highest BCUT2D eigenvalue weighted by Crippen LogP contribution is 2.30. The lowest BCUT2D eigenvalue weighted by atomic mass is 10.2. The van der Waals surface area contributed by atoms with Crippen LogP contribution in [0.15, 0.2) is 45.2 Å². The van der Waals surface area contributed by atoms with E-state index in [1.807, 2.05) is 18.2 Å². The second-order valence-corrected chi connectivity index (χ2v) is 6.11. The lowest BCUT2D eigenvalue weighted by Gasteiger charge is -2.11. The fourth-order valence-electron chi connectivity index (χ4n) is 1.64. The Labute approximate surface area is 122 Å². The Morgan fingerprint density at radius 1 is 1.42 bits per heavy atom. The highest BCUT2D eigenvalue weighted by Gasteiger charge is 2.08. The molecule has 0 saturated heterocycles. The maximum atomic E-state index is 6.06. The molecule has 19 heavy (non-hydrogen) atoms. The summed E-state index contributed by atoms with van der Waals surface area (Å²) in [6.45, 7) is 6.15. The van der Waals surface area contributed by atoms with Gasteiger partial charge in [0.05, 0.1) is 6.20 Å². The normalized spacial score (nSPS) is 11.2. The van der Waals surface area contributed by atoms with Gasteiger partial charge >= 0.3 is 0 Å². The molecule has 1 aromatic heterocycles. The first-order valence-electron chi connectivity index (χ1n) is 6.21. The van der Waals surface area contributed by atoms with Gasteiger partial charge in [-0.1, -0.05) is 25.4 Å². The molecule has 1 N–H and O–H groups in total. The number of rotatable bonds is 6. The van der Waals surface area contributed by atoms with Crippen LogP contribution in [-0.2, 0) is 6.54 Å². The zero-order valence-electron chi connectivity index (χ0n) is 11.0. The summed E-state index contributed by atoms with van der Waals surface area (Å²) >= 11 is 7.58. The smallest absolute Gasteiger partial charge is 0.260 e. The quantitative estimate of drug-likeness (QED) is 0.866. The molecule has 102 valence electrons. The summed E-state index contributed by atoms with van der Waals surface area (Å²) in [5, 5.41) is 4.82. The van der Waals surface area contributed by atoms with Gasteiger partial charge in [0.15, 0.2) is 0 Å². The van der Waals surface area contributed by atoms with Crippen LogP contribution in [0.3, 0.4) is 0 Å². The molecule has 1 aromatic carbocycles. The van der Waals surface area contributed by atoms with E-state index in [-0.39, 0.29) is 0 Å². The topological polar surface area (TPSA) is 38.1 Å². The van der Waals surface area contributed by atoms with E-state index in [9.17, 15) is 0 Å². The van der Waals surface area contributed by atoms with Gasteiger partial charge in [0.25, 0.3) is 5.22 Å². The van der Waals surface area contributed by atoms with Gasteiger partial charge in [-0.25, -0.2) is 4.98 Å². The lowest BCUT2D eigenvalue weighted by Crippen LogP contribution is -2.19. The first-order chi connectivity index (χ1) is 9.15. The third kappa shape index (κ3) is 4.56. The van der Waals surface area contributed by atoms with Gasteiger partial charge in [-0.2, -0.15) is 0 Å². The molecule has 0 aliphatic heterocycles. The van der Waals surface area contributed by atoms with Crippen LogP contribution in [0.4, 0.5) is 0 Å². The van der Waals surface area contributed by atoms with Crippen molar-refractivity contribution in [2.45, 2.75) is 30.5 Å². The Kier molecular flexibility index (Phi) is 5.31. The van der Waals surface area contributed by atoms with Crippen LogP contribution in [0.25, 0.3) is 0 Å². The predicted octanol–water partition coefficient (Wildman–Crippen LogP) is 4.22. The summed E-state index contributed by atoms with van der Waals surface area (Å²) in [4.78, 5) is 5.24. The summed E-state index contributed by atoms with van der Waals surface area (Å²) in [5.41, 5.74) is 1.16. The lowest BCUT2D eigenvalue weighted by molar-refractivity contribution is 0.454. The van der Waals surface area contributed by atoms with Crippen LogP contribution in [0.1, 0.15) is 19.4 Å². The first-order valence-corrected chi connectivity index (χ1v) is 7.41. The first kappa shape index (κ1) is 14.4. The Bertz CT molecular complexity index is 514. The molecule has 3 nitrogen and oxygen atoms in total. The zero-order valence-corrected chi connectivity index (χ0v) is 12.6. The Balaban J connectivity index is 2.08. The summed E-state index contributed by atoms with van der Waals surface area (Å²) in [7, 11) is 0. The number of hydrogen-bond donors (Lipinski definition) is 1. The molecule has 0 spiro atoms. The average molecular weight is 297 g/mol. The monoisotopic (exact) mass is 296 g/mol. The number of aromatic nitrogens is 1. The van der Waals surface area contributed by atoms with Crippen molar-refractivity contribution in [1.82, 2.24) is 10.3 Å². The van der Waals surface area contributed by atoms with Gasteiger partial charge in [0, 0.05) is 16.5 Å². The van der Waals surface area contributed by atoms with E-state index in [0.717, 1.165) is 28.6 Å². The number of oxazole rings is 1. The third-order valence-electron chi connectivity index (χ3n) is 2.50. The molecule has 0 fully saturated rings. The number of benzene rings is 1. The van der Waals surface area contributed by atoms with Crippen LogP contribution in [-0.4, -0.2) is 11.5 Å². The Morgan fingerprint density at radius 3 is 2.95 bits per heavy atom. The van der Waals surface area contributed by atoms with Crippen molar-refractivity contribution >= 4 is 23.4 Å². The molecule has 0 aliphatic rings. The van der Waals surface area contributed by atoms with Crippen LogP contribution >= 0.6 is 23.4 Å². The van der Waals surface area contributed by atoms with E-state index in [1.165, 1.54) is 11.8 Å². The van der Waals surface area contributed by atoms with Crippen molar-refractivity contribution in [3.63, 3.8) is 0 Å². The van der Waals surface area contributed by atoms with E-state index >= 15 is 0 Å². The molecule has 0 saturated carbocycles. The van der Waals surface area contributed by atoms with Crippen molar-refractivity contribution in [1.29, 1.82) is 0 Å². The highest BCUT2D eigenvalue weighted by molar-refractivity contribution is 7.99. The summed E-state index contributed by atoms with van der Waals surface area (Å²) in [6, 6.07) is 5.88. The van der Waals surface area contributed by atoms with Crippen molar-refractivity contribution in [3.05, 3.63) is 41.2 Å². The van der Waals surface area contributed by atoms with E-state index < -0.39 is 0 Å². The van der Waals surface area contributed by atoms with Crippen LogP contribution in [0.5, 0.6) is 0 Å². The molecule has 0 aliphatic carbocycles. The molecule has 0 radical (unpaired) electrons. The van der Waals surface area contributed by atoms with Crippen LogP contribution in [0, 0.1) is 5.92 Å². The zero-order chi connectivity index (χ0) is 13.7. The van der Waals surface area contributed by atoms with Gasteiger partial charge < -0.3 is 9.73 Å². The standard InChI is InChI=1S/C14H17ClN2OS/c1-10(2)8-16-9-11-7-12(15)3-4-13(11)19-14-17-5-6-18-14/h3-7,10,16H,8-9H2,1-2H3. The minimum atomic E-state index is 0.627. The van der Waals surface area contributed by atoms with Gasteiger partial charge in [0.1, 0.15) is 6.26 Å². The predicted molar refractivity (Wildman–Crippen MR) is 78.6 cm³/mol. The summed E-state index contributed by atoms with van der Waals surface area (Å²) in [5.74, 6) is 0.627. The largest absolute Gasteiger partial charge is 0.440 e. The summed E-state index contributed by atoms with van der Waals surface area (Å²) in [6.07, 6.45) is 3.23. The van der Waals surface area contributed by atoms with E-state index in [4.69, 9.17) is 16.0 Å². The van der Waals surface area contributed by atoms with E-state index in [2.05, 4.69) is 24.1 Å². The molecule has 0 bridgehead atoms. The molecule has 0 amide bonds. The fourth-order valence-corrected chi connectivity index (χ4v) is 2.63. The highest BCUT2D eigenvalue weighted by atomic mass is 35.5. The maximum Gasteiger partial charge on any atom is 0.260 e. The molecular weight excluding hydrogens is 280 g/mol. The number of hydrogen-bond acceptors (Lipinski definition) is 4. The van der Waals surface area contributed by atoms with Gasteiger partial charge in [-0.3, -0.25) is 0 Å². The minimum absolute atomic E-state index is 0.627. The molecular formula is C14H17ClN2OS. The SMILES string of the molecule is CC(C)CNCc1cc(Cl)ccc1Sc1ncco1. The van der Waals surface area contributed by atoms with Crippen LogP contribution in [0.2, 0.25) is 5.02 Å². The minimum Gasteiger partial charge on any atom is -0.440 e. The molecule has 0 unspecified atom stereocenters. The van der Waals surface area contributed by atoms with Gasteiger partial charge in [-0.15, -0.1) is 0 Å². The molecule has 1 heterocycles. The maximum absolute atomic E-state index is 6.06. The van der Waals surface area contributed by atoms with Gasteiger partial charge in [-0.05, 0) is 48.0 Å². The van der Waals surface area contributed by atoms with Crippen molar-refractivity contribution < 1.29 is 4.42 Å². The second-order valence-electron chi connectivity index (χ2n) is 4.68. The molecule has 0 atom stereocenters. The average Bonchev–Trinajstić information content (AvgIpc) is 2.85. The second kappa shape index (κ2) is 6.98. The molecule has 2 aromatic rings. The number of nitrogens with zero attached hydrogens (tertiary/aromatic N) is 1. The number of nitrogens with one attached hydrogen (secondary N) is 1. The molecule has 2 rings (SSSR count).